The summed E-state index contributed by atoms with van der Waals surface area (Å²) in [6.45, 7) is 2.33. The van der Waals surface area contributed by atoms with Crippen LogP contribution in [0.25, 0.3) is 0 Å². The topological polar surface area (TPSA) is 55.4 Å². The molecule has 0 aliphatic heterocycles. The van der Waals surface area contributed by atoms with Crippen LogP contribution in [0.4, 0.5) is 4.39 Å². The number of hydrogen-bond donors (Lipinski definition) is 1. The van der Waals surface area contributed by atoms with Gasteiger partial charge < -0.3 is 4.74 Å². The van der Waals surface area contributed by atoms with E-state index >= 15 is 0 Å². The van der Waals surface area contributed by atoms with Crippen molar-refractivity contribution in [3.05, 3.63) is 64.4 Å². The lowest BCUT2D eigenvalue weighted by atomic mass is 10.2. The maximum absolute atomic E-state index is 13.7. The van der Waals surface area contributed by atoms with Crippen LogP contribution in [0.5, 0.6) is 5.75 Å². The lowest BCUT2D eigenvalue weighted by molar-refractivity contribution is 0.322. The highest BCUT2D eigenvalue weighted by molar-refractivity contribution is 7.88. The van der Waals surface area contributed by atoms with Crippen LogP contribution >= 0.6 is 11.6 Å². The third-order valence-corrected chi connectivity index (χ3v) is 5.09. The molecule has 0 atom stereocenters. The predicted octanol–water partition coefficient (Wildman–Crippen LogP) is 3.54. The van der Waals surface area contributed by atoms with Crippen molar-refractivity contribution >= 4 is 21.6 Å². The second-order valence-corrected chi connectivity index (χ2v) is 7.41. The molecule has 2 aromatic carbocycles. The molecule has 0 bridgehead atoms. The second-order valence-electron chi connectivity index (χ2n) is 5.20. The highest BCUT2D eigenvalue weighted by Gasteiger charge is 2.16. The standard InChI is InChI=1S/C17H19ClFNO3S/c1-2-13-6-8-14(9-7-13)23-11-10-20-24(21,22)12-15-16(18)4-3-5-17(15)19/h3-9,20H,2,10-12H2,1H3. The lowest BCUT2D eigenvalue weighted by Crippen LogP contribution is -2.29. The first-order valence-electron chi connectivity index (χ1n) is 7.53. The van der Waals surface area contributed by atoms with E-state index in [1.54, 1.807) is 0 Å². The third-order valence-electron chi connectivity index (χ3n) is 3.42. The van der Waals surface area contributed by atoms with Gasteiger partial charge in [-0.15, -0.1) is 0 Å². The summed E-state index contributed by atoms with van der Waals surface area (Å²) in [5, 5.41) is 0.0904. The van der Waals surface area contributed by atoms with Crippen LogP contribution in [-0.2, 0) is 22.2 Å². The van der Waals surface area contributed by atoms with Gasteiger partial charge in [0.1, 0.15) is 18.2 Å². The highest BCUT2D eigenvalue weighted by atomic mass is 35.5. The maximum atomic E-state index is 13.7. The van der Waals surface area contributed by atoms with Crippen LogP contribution in [-0.4, -0.2) is 21.6 Å². The molecule has 0 spiro atoms. The van der Waals surface area contributed by atoms with E-state index in [1.165, 1.54) is 23.8 Å². The number of aryl methyl sites for hydroxylation is 1. The first kappa shape index (κ1) is 18.7. The van der Waals surface area contributed by atoms with E-state index in [2.05, 4.69) is 11.6 Å². The molecular weight excluding hydrogens is 353 g/mol. The van der Waals surface area contributed by atoms with Gasteiger partial charge in [0, 0.05) is 17.1 Å². The average molecular weight is 372 g/mol. The van der Waals surface area contributed by atoms with E-state index in [0.717, 1.165) is 6.42 Å². The molecule has 0 heterocycles. The van der Waals surface area contributed by atoms with E-state index in [-0.39, 0.29) is 23.7 Å². The van der Waals surface area contributed by atoms with Crippen molar-refractivity contribution in [2.24, 2.45) is 0 Å². The van der Waals surface area contributed by atoms with Crippen molar-refractivity contribution in [3.63, 3.8) is 0 Å². The Labute approximate surface area is 146 Å². The maximum Gasteiger partial charge on any atom is 0.216 e. The van der Waals surface area contributed by atoms with Gasteiger partial charge in [-0.1, -0.05) is 36.7 Å². The van der Waals surface area contributed by atoms with Crippen molar-refractivity contribution < 1.29 is 17.5 Å². The highest BCUT2D eigenvalue weighted by Crippen LogP contribution is 2.21. The number of hydrogen-bond acceptors (Lipinski definition) is 3. The Morgan fingerprint density at radius 2 is 1.88 bits per heavy atom. The SMILES string of the molecule is CCc1ccc(OCCNS(=O)(=O)Cc2c(F)cccc2Cl)cc1. The van der Waals surface area contributed by atoms with Crippen molar-refractivity contribution in [2.75, 3.05) is 13.2 Å². The molecule has 0 aliphatic carbocycles. The van der Waals surface area contributed by atoms with Gasteiger partial charge in [-0.25, -0.2) is 17.5 Å². The molecular formula is C17H19ClFNO3S. The predicted molar refractivity (Wildman–Crippen MR) is 93.4 cm³/mol. The van der Waals surface area contributed by atoms with Gasteiger partial charge in [0.2, 0.25) is 10.0 Å². The Morgan fingerprint density at radius 3 is 2.50 bits per heavy atom. The average Bonchev–Trinajstić information content (AvgIpc) is 2.56. The molecule has 7 heteroatoms. The molecule has 0 saturated heterocycles. The molecule has 0 aliphatic rings. The summed E-state index contributed by atoms with van der Waals surface area (Å²) in [5.41, 5.74) is 1.16. The quantitative estimate of drug-likeness (QED) is 0.722. The number of ether oxygens (including phenoxy) is 1. The minimum Gasteiger partial charge on any atom is -0.492 e. The second kappa shape index (κ2) is 8.46. The Morgan fingerprint density at radius 1 is 1.17 bits per heavy atom. The van der Waals surface area contributed by atoms with E-state index in [4.69, 9.17) is 16.3 Å². The summed E-state index contributed by atoms with van der Waals surface area (Å²) in [6.07, 6.45) is 0.943. The van der Waals surface area contributed by atoms with Gasteiger partial charge in [0.25, 0.3) is 0 Å². The first-order chi connectivity index (χ1) is 11.4. The molecule has 0 amide bonds. The first-order valence-corrected chi connectivity index (χ1v) is 9.56. The van der Waals surface area contributed by atoms with Gasteiger partial charge >= 0.3 is 0 Å². The van der Waals surface area contributed by atoms with Crippen molar-refractivity contribution in [2.45, 2.75) is 19.1 Å². The number of halogens is 2. The molecule has 24 heavy (non-hydrogen) atoms. The zero-order chi connectivity index (χ0) is 17.6. The fourth-order valence-corrected chi connectivity index (χ4v) is 3.58. The van der Waals surface area contributed by atoms with Gasteiger partial charge in [-0.3, -0.25) is 0 Å². The van der Waals surface area contributed by atoms with Crippen molar-refractivity contribution in [1.82, 2.24) is 4.72 Å². The van der Waals surface area contributed by atoms with Gasteiger partial charge in [-0.2, -0.15) is 0 Å². The number of benzene rings is 2. The fraction of sp³-hybridized carbons (Fsp3) is 0.294. The zero-order valence-electron chi connectivity index (χ0n) is 13.3. The van der Waals surface area contributed by atoms with Crippen LogP contribution in [0, 0.1) is 5.82 Å². The molecule has 4 nitrogen and oxygen atoms in total. The van der Waals surface area contributed by atoms with Gasteiger partial charge in [0.05, 0.1) is 5.75 Å². The van der Waals surface area contributed by atoms with Crippen LogP contribution in [0.3, 0.4) is 0 Å². The summed E-state index contributed by atoms with van der Waals surface area (Å²) in [6, 6.07) is 11.7. The zero-order valence-corrected chi connectivity index (χ0v) is 14.8. The summed E-state index contributed by atoms with van der Waals surface area (Å²) in [7, 11) is -3.70. The van der Waals surface area contributed by atoms with Crippen LogP contribution in [0.2, 0.25) is 5.02 Å². The van der Waals surface area contributed by atoms with E-state index in [9.17, 15) is 12.8 Å². The molecule has 1 N–H and O–H groups in total. The van der Waals surface area contributed by atoms with Crippen LogP contribution in [0.15, 0.2) is 42.5 Å². The molecule has 0 radical (unpaired) electrons. The van der Waals surface area contributed by atoms with Gasteiger partial charge in [0.15, 0.2) is 0 Å². The Bertz CT molecular complexity index is 759. The van der Waals surface area contributed by atoms with E-state index in [0.29, 0.717) is 5.75 Å². The van der Waals surface area contributed by atoms with E-state index < -0.39 is 21.6 Å². The molecule has 2 rings (SSSR count). The minimum absolute atomic E-state index is 0.0391. The monoisotopic (exact) mass is 371 g/mol. The fourth-order valence-electron chi connectivity index (χ4n) is 2.10. The Balaban J connectivity index is 1.84. The Hall–Kier alpha value is -1.63. The molecule has 2 aromatic rings. The third kappa shape index (κ3) is 5.47. The molecule has 0 fully saturated rings. The smallest absolute Gasteiger partial charge is 0.216 e. The Kier molecular flexibility index (Phi) is 6.60. The van der Waals surface area contributed by atoms with Crippen molar-refractivity contribution in [3.8, 4) is 5.75 Å². The minimum atomic E-state index is -3.70. The van der Waals surface area contributed by atoms with E-state index in [1.807, 2.05) is 24.3 Å². The van der Waals surface area contributed by atoms with Crippen LogP contribution < -0.4 is 9.46 Å². The molecule has 0 unspecified atom stereocenters. The summed E-state index contributed by atoms with van der Waals surface area (Å²) in [5.74, 6) is -0.479. The summed E-state index contributed by atoms with van der Waals surface area (Å²) in [4.78, 5) is 0. The molecule has 0 aromatic heterocycles. The summed E-state index contributed by atoms with van der Waals surface area (Å²) >= 11 is 5.84. The normalized spacial score (nSPS) is 11.5. The number of rotatable bonds is 8. The van der Waals surface area contributed by atoms with Crippen molar-refractivity contribution in [1.29, 1.82) is 0 Å². The molecule has 0 saturated carbocycles. The van der Waals surface area contributed by atoms with Gasteiger partial charge in [-0.05, 0) is 36.2 Å². The molecule has 130 valence electrons. The number of sulfonamides is 1. The lowest BCUT2D eigenvalue weighted by Gasteiger charge is -2.10. The number of nitrogens with one attached hydrogen (secondary N) is 1. The largest absolute Gasteiger partial charge is 0.492 e. The van der Waals surface area contributed by atoms with Crippen LogP contribution in [0.1, 0.15) is 18.1 Å². The summed E-state index contributed by atoms with van der Waals surface area (Å²) < 4.78 is 45.5.